The van der Waals surface area contributed by atoms with Crippen LogP contribution in [-0.2, 0) is 4.79 Å². The van der Waals surface area contributed by atoms with Gasteiger partial charge in [-0.2, -0.15) is 0 Å². The Labute approximate surface area is 176 Å². The molecule has 1 aliphatic rings. The lowest BCUT2D eigenvalue weighted by molar-refractivity contribution is -0.112. The van der Waals surface area contributed by atoms with Gasteiger partial charge in [0, 0.05) is 17.0 Å². The highest BCUT2D eigenvalue weighted by Crippen LogP contribution is 2.39. The second-order valence-electron chi connectivity index (χ2n) is 6.82. The van der Waals surface area contributed by atoms with Crippen LogP contribution < -0.4 is 10.6 Å². The normalized spacial score (nSPS) is 14.6. The predicted molar refractivity (Wildman–Crippen MR) is 120 cm³/mol. The van der Waals surface area contributed by atoms with Crippen molar-refractivity contribution in [1.82, 2.24) is 10.2 Å². The summed E-state index contributed by atoms with van der Waals surface area (Å²) in [6.07, 6.45) is 2.79. The summed E-state index contributed by atoms with van der Waals surface area (Å²) in [4.78, 5) is 28.8. The van der Waals surface area contributed by atoms with Gasteiger partial charge in [0.1, 0.15) is 0 Å². The Morgan fingerprint density at radius 2 is 1.90 bits per heavy atom. The highest BCUT2D eigenvalue weighted by atomic mass is 32.2. The summed E-state index contributed by atoms with van der Waals surface area (Å²) in [5.74, 6) is -0.264. The van der Waals surface area contributed by atoms with Crippen LogP contribution >= 0.6 is 11.8 Å². The summed E-state index contributed by atoms with van der Waals surface area (Å²) in [6.45, 7) is 7.93. The van der Waals surface area contributed by atoms with Crippen molar-refractivity contribution >= 4 is 35.3 Å². The van der Waals surface area contributed by atoms with Crippen LogP contribution in [0.2, 0.25) is 0 Å². The quantitative estimate of drug-likeness (QED) is 0.506. The fraction of sp³-hybridized carbons (Fsp3) is 0.304. The van der Waals surface area contributed by atoms with Crippen molar-refractivity contribution in [3.63, 3.8) is 0 Å². The van der Waals surface area contributed by atoms with Gasteiger partial charge in [0.2, 0.25) is 0 Å². The second-order valence-corrected chi connectivity index (χ2v) is 7.91. The van der Waals surface area contributed by atoms with Gasteiger partial charge in [-0.15, -0.1) is 0 Å². The van der Waals surface area contributed by atoms with Gasteiger partial charge in [-0.1, -0.05) is 55.9 Å². The van der Waals surface area contributed by atoms with E-state index >= 15 is 0 Å². The van der Waals surface area contributed by atoms with E-state index in [2.05, 4.69) is 29.4 Å². The lowest BCUT2D eigenvalue weighted by Gasteiger charge is -2.20. The molecule has 2 amide bonds. The van der Waals surface area contributed by atoms with E-state index in [1.165, 1.54) is 11.8 Å². The molecule has 152 valence electrons. The highest BCUT2D eigenvalue weighted by Gasteiger charge is 2.22. The van der Waals surface area contributed by atoms with Crippen molar-refractivity contribution < 1.29 is 9.59 Å². The Morgan fingerprint density at radius 3 is 2.62 bits per heavy atom. The van der Waals surface area contributed by atoms with E-state index in [0.717, 1.165) is 36.5 Å². The maximum atomic E-state index is 12.5. The Bertz CT molecular complexity index is 892. The van der Waals surface area contributed by atoms with Gasteiger partial charge in [0.25, 0.3) is 11.8 Å². The van der Waals surface area contributed by atoms with Gasteiger partial charge in [0.05, 0.1) is 10.6 Å². The fourth-order valence-electron chi connectivity index (χ4n) is 3.15. The van der Waals surface area contributed by atoms with Crippen LogP contribution in [0, 0.1) is 0 Å². The molecule has 6 heteroatoms. The summed E-state index contributed by atoms with van der Waals surface area (Å²) in [5.41, 5.74) is 2.22. The van der Waals surface area contributed by atoms with E-state index in [-0.39, 0.29) is 11.8 Å². The zero-order valence-corrected chi connectivity index (χ0v) is 17.7. The maximum absolute atomic E-state index is 12.5. The minimum atomic E-state index is -0.150. The van der Waals surface area contributed by atoms with Gasteiger partial charge in [-0.25, -0.2) is 0 Å². The van der Waals surface area contributed by atoms with E-state index in [1.807, 2.05) is 48.5 Å². The van der Waals surface area contributed by atoms with Crippen molar-refractivity contribution in [3.8, 4) is 0 Å². The SMILES string of the molecule is CCN(CC)CCCNC(=O)c1ccc2c(c1)NC(=O)C(=Cc1ccccc1)S2. The first-order chi connectivity index (χ1) is 14.1. The minimum absolute atomic E-state index is 0.114. The lowest BCUT2D eigenvalue weighted by Crippen LogP contribution is -2.30. The molecule has 0 bridgehead atoms. The van der Waals surface area contributed by atoms with Gasteiger partial charge in [-0.3, -0.25) is 9.59 Å². The zero-order valence-electron chi connectivity index (χ0n) is 16.9. The molecule has 2 aromatic rings. The standard InChI is InChI=1S/C23H27N3O2S/c1-3-26(4-2)14-8-13-24-22(27)18-11-12-20-19(16-18)25-23(28)21(29-20)15-17-9-6-5-7-10-17/h5-7,9-12,15-16H,3-4,8,13-14H2,1-2H3,(H,24,27)(H,25,28). The van der Waals surface area contributed by atoms with Gasteiger partial charge in [0.15, 0.2) is 0 Å². The molecule has 0 aromatic heterocycles. The number of hydrogen-bond donors (Lipinski definition) is 2. The molecule has 0 aliphatic carbocycles. The third kappa shape index (κ3) is 5.71. The summed E-state index contributed by atoms with van der Waals surface area (Å²) >= 11 is 1.42. The monoisotopic (exact) mass is 409 g/mol. The number of nitrogens with one attached hydrogen (secondary N) is 2. The molecule has 0 radical (unpaired) electrons. The molecule has 0 atom stereocenters. The topological polar surface area (TPSA) is 61.4 Å². The fourth-order valence-corrected chi connectivity index (χ4v) is 4.08. The van der Waals surface area contributed by atoms with E-state index in [9.17, 15) is 9.59 Å². The third-order valence-corrected chi connectivity index (χ3v) is 5.96. The molecule has 2 aromatic carbocycles. The van der Waals surface area contributed by atoms with Crippen LogP contribution in [0.4, 0.5) is 5.69 Å². The lowest BCUT2D eigenvalue weighted by atomic mass is 10.1. The van der Waals surface area contributed by atoms with Crippen LogP contribution in [0.3, 0.4) is 0 Å². The second kappa shape index (κ2) is 10.3. The van der Waals surface area contributed by atoms with Crippen LogP contribution in [0.1, 0.15) is 36.2 Å². The Morgan fingerprint density at radius 1 is 1.14 bits per heavy atom. The molecule has 0 saturated heterocycles. The summed E-state index contributed by atoms with van der Waals surface area (Å²) in [6, 6.07) is 15.2. The van der Waals surface area contributed by atoms with Gasteiger partial charge >= 0.3 is 0 Å². The van der Waals surface area contributed by atoms with Crippen LogP contribution in [0.15, 0.2) is 58.3 Å². The van der Waals surface area contributed by atoms with Crippen molar-refractivity contribution in [2.45, 2.75) is 25.2 Å². The number of fused-ring (bicyclic) bond motifs is 1. The van der Waals surface area contributed by atoms with Crippen molar-refractivity contribution in [1.29, 1.82) is 0 Å². The van der Waals surface area contributed by atoms with E-state index in [4.69, 9.17) is 0 Å². The number of amides is 2. The smallest absolute Gasteiger partial charge is 0.262 e. The van der Waals surface area contributed by atoms with E-state index in [0.29, 0.717) is 22.7 Å². The molecule has 2 N–H and O–H groups in total. The summed E-state index contributed by atoms with van der Waals surface area (Å²) in [7, 11) is 0. The Balaban J connectivity index is 1.62. The van der Waals surface area contributed by atoms with Gasteiger partial charge in [-0.05, 0) is 55.9 Å². The molecule has 5 nitrogen and oxygen atoms in total. The average molecular weight is 410 g/mol. The van der Waals surface area contributed by atoms with Crippen LogP contribution in [-0.4, -0.2) is 42.9 Å². The minimum Gasteiger partial charge on any atom is -0.352 e. The molecule has 1 aliphatic heterocycles. The average Bonchev–Trinajstić information content (AvgIpc) is 2.74. The number of thioether (sulfide) groups is 1. The van der Waals surface area contributed by atoms with Crippen LogP contribution in [0.5, 0.6) is 0 Å². The molecular weight excluding hydrogens is 382 g/mol. The molecule has 0 unspecified atom stereocenters. The number of hydrogen-bond acceptors (Lipinski definition) is 4. The molecule has 29 heavy (non-hydrogen) atoms. The highest BCUT2D eigenvalue weighted by molar-refractivity contribution is 8.04. The first-order valence-corrected chi connectivity index (χ1v) is 10.8. The molecular formula is C23H27N3O2S. The van der Waals surface area contributed by atoms with E-state index in [1.54, 1.807) is 6.07 Å². The van der Waals surface area contributed by atoms with Crippen LogP contribution in [0.25, 0.3) is 6.08 Å². The number of rotatable bonds is 8. The first kappa shape index (κ1) is 21.1. The van der Waals surface area contributed by atoms with Crippen molar-refractivity contribution in [2.24, 2.45) is 0 Å². The number of carbonyl (C=O) groups is 2. The maximum Gasteiger partial charge on any atom is 0.262 e. The van der Waals surface area contributed by atoms with Crippen molar-refractivity contribution in [3.05, 3.63) is 64.6 Å². The Kier molecular flexibility index (Phi) is 7.49. The number of anilines is 1. The van der Waals surface area contributed by atoms with Crippen molar-refractivity contribution in [2.75, 3.05) is 31.5 Å². The Hall–Kier alpha value is -2.57. The molecule has 0 fully saturated rings. The number of nitrogens with zero attached hydrogens (tertiary/aromatic N) is 1. The molecule has 1 heterocycles. The largest absolute Gasteiger partial charge is 0.352 e. The summed E-state index contributed by atoms with van der Waals surface area (Å²) in [5, 5.41) is 5.87. The zero-order chi connectivity index (χ0) is 20.6. The molecule has 3 rings (SSSR count). The number of carbonyl (C=O) groups excluding carboxylic acids is 2. The first-order valence-electron chi connectivity index (χ1n) is 10.0. The molecule has 0 spiro atoms. The predicted octanol–water partition coefficient (Wildman–Crippen LogP) is 4.23. The van der Waals surface area contributed by atoms with Gasteiger partial charge < -0.3 is 15.5 Å². The summed E-state index contributed by atoms with van der Waals surface area (Å²) < 4.78 is 0. The third-order valence-electron chi connectivity index (χ3n) is 4.86. The molecule has 0 saturated carbocycles. The number of benzene rings is 2. The van der Waals surface area contributed by atoms with E-state index < -0.39 is 0 Å².